The van der Waals surface area contributed by atoms with Crippen molar-refractivity contribution in [2.45, 2.75) is 6.17 Å². The lowest BCUT2D eigenvalue weighted by molar-refractivity contribution is -0.119. The first-order valence-electron chi connectivity index (χ1n) is 11.7. The zero-order chi connectivity index (χ0) is 26.8. The summed E-state index contributed by atoms with van der Waals surface area (Å²) in [6.45, 7) is 0. The maximum atomic E-state index is 13.7. The highest BCUT2D eigenvalue weighted by Crippen LogP contribution is 2.32. The van der Waals surface area contributed by atoms with Gasteiger partial charge in [-0.15, -0.1) is 0 Å². The number of fused-ring (bicyclic) bond motifs is 1. The van der Waals surface area contributed by atoms with Gasteiger partial charge in [-0.2, -0.15) is 0 Å². The van der Waals surface area contributed by atoms with E-state index in [1.165, 1.54) is 4.90 Å². The zero-order valence-electron chi connectivity index (χ0n) is 20.2. The quantitative estimate of drug-likeness (QED) is 0.277. The van der Waals surface area contributed by atoms with Crippen molar-refractivity contribution >= 4 is 69.2 Å². The molecule has 0 bridgehead atoms. The lowest BCUT2D eigenvalue weighted by Crippen LogP contribution is -2.49. The Bertz CT molecular complexity index is 1540. The number of anilines is 3. The van der Waals surface area contributed by atoms with Gasteiger partial charge in [0.15, 0.2) is 5.11 Å². The molecule has 1 atom stereocenters. The molecule has 5 rings (SSSR count). The highest BCUT2D eigenvalue weighted by atomic mass is 35.5. The summed E-state index contributed by atoms with van der Waals surface area (Å²) in [4.78, 5) is 21.9. The number of halogens is 2. The molecule has 4 aromatic rings. The number of likely N-dealkylation sites (N-methyl/N-ethyl adjacent to an activating group) is 1. The standard InChI is InChI=1S/C29H22Cl2N4O2S/c1-34-25-16-11-18(30)17-23(25)26(22-9-5-6-10-24(22)31)32-27(28(34)37)33-29(38)35(19-7-3-2-4-8-19)20-12-14-21(36)15-13-20/h2-17,27,36H,1H3,(H,33,38). The molecule has 0 saturated heterocycles. The number of aromatic hydroxyl groups is 1. The lowest BCUT2D eigenvalue weighted by Gasteiger charge is -2.28. The highest BCUT2D eigenvalue weighted by molar-refractivity contribution is 7.80. The number of hydrogen-bond acceptors (Lipinski definition) is 4. The summed E-state index contributed by atoms with van der Waals surface area (Å²) in [6.07, 6.45) is -1.06. The third-order valence-electron chi connectivity index (χ3n) is 6.11. The van der Waals surface area contributed by atoms with Gasteiger partial charge >= 0.3 is 0 Å². The molecule has 9 heteroatoms. The molecule has 0 aromatic heterocycles. The molecule has 0 aliphatic carbocycles. The third-order valence-corrected chi connectivity index (χ3v) is 6.98. The molecule has 4 aromatic carbocycles. The van der Waals surface area contributed by atoms with Crippen molar-refractivity contribution in [1.29, 1.82) is 0 Å². The number of carbonyl (C=O) groups is 1. The van der Waals surface area contributed by atoms with Crippen LogP contribution in [-0.4, -0.2) is 35.1 Å². The second kappa shape index (κ2) is 10.8. The van der Waals surface area contributed by atoms with E-state index in [4.69, 9.17) is 40.4 Å². The van der Waals surface area contributed by atoms with Crippen LogP contribution in [0.15, 0.2) is 102 Å². The van der Waals surface area contributed by atoms with Gasteiger partial charge in [-0.25, -0.2) is 4.99 Å². The maximum Gasteiger partial charge on any atom is 0.272 e. The number of amides is 1. The van der Waals surface area contributed by atoms with E-state index in [1.807, 2.05) is 48.5 Å². The summed E-state index contributed by atoms with van der Waals surface area (Å²) in [5, 5.41) is 14.2. The highest BCUT2D eigenvalue weighted by Gasteiger charge is 2.32. The van der Waals surface area contributed by atoms with E-state index in [0.717, 1.165) is 5.69 Å². The van der Waals surface area contributed by atoms with E-state index in [0.29, 0.717) is 38.3 Å². The minimum atomic E-state index is -1.06. The molecule has 38 heavy (non-hydrogen) atoms. The smallest absolute Gasteiger partial charge is 0.272 e. The van der Waals surface area contributed by atoms with Crippen LogP contribution in [0.2, 0.25) is 10.0 Å². The van der Waals surface area contributed by atoms with Crippen molar-refractivity contribution < 1.29 is 9.90 Å². The SMILES string of the molecule is CN1C(=O)C(NC(=S)N(c2ccccc2)c2ccc(O)cc2)N=C(c2ccccc2Cl)c2cc(Cl)ccc21. The molecule has 2 N–H and O–H groups in total. The van der Waals surface area contributed by atoms with E-state index >= 15 is 0 Å². The Hall–Kier alpha value is -3.91. The Morgan fingerprint density at radius 2 is 1.58 bits per heavy atom. The largest absolute Gasteiger partial charge is 0.508 e. The summed E-state index contributed by atoms with van der Waals surface area (Å²) >= 11 is 18.8. The van der Waals surface area contributed by atoms with Crippen molar-refractivity contribution in [2.75, 3.05) is 16.8 Å². The number of benzene rings is 4. The minimum absolute atomic E-state index is 0.131. The first-order valence-corrected chi connectivity index (χ1v) is 12.8. The molecule has 0 fully saturated rings. The summed E-state index contributed by atoms with van der Waals surface area (Å²) in [6, 6.07) is 28.7. The summed E-state index contributed by atoms with van der Waals surface area (Å²) in [7, 11) is 1.69. The molecule has 1 heterocycles. The number of aliphatic imine (C=N–C) groups is 1. The lowest BCUT2D eigenvalue weighted by atomic mass is 10.00. The number of phenolic OH excluding ortho intramolecular Hbond substituents is 1. The van der Waals surface area contributed by atoms with E-state index in [-0.39, 0.29) is 16.8 Å². The predicted molar refractivity (Wildman–Crippen MR) is 158 cm³/mol. The van der Waals surface area contributed by atoms with Crippen molar-refractivity contribution in [1.82, 2.24) is 5.32 Å². The van der Waals surface area contributed by atoms with Gasteiger partial charge in [-0.05, 0) is 72.9 Å². The average molecular weight is 561 g/mol. The van der Waals surface area contributed by atoms with E-state index in [1.54, 1.807) is 60.5 Å². The first-order chi connectivity index (χ1) is 18.3. The van der Waals surface area contributed by atoms with E-state index in [2.05, 4.69) is 5.32 Å². The Morgan fingerprint density at radius 3 is 2.29 bits per heavy atom. The fourth-order valence-corrected chi connectivity index (χ4v) is 4.97. The molecule has 0 spiro atoms. The van der Waals surface area contributed by atoms with Crippen molar-refractivity contribution in [3.63, 3.8) is 0 Å². The van der Waals surface area contributed by atoms with Gasteiger partial charge in [0.1, 0.15) is 5.75 Å². The predicted octanol–water partition coefficient (Wildman–Crippen LogP) is 6.55. The number of hydrogen-bond donors (Lipinski definition) is 2. The van der Waals surface area contributed by atoms with Crippen molar-refractivity contribution in [3.05, 3.63) is 118 Å². The summed E-state index contributed by atoms with van der Waals surface area (Å²) in [5.41, 5.74) is 3.97. The molecular weight excluding hydrogens is 539 g/mol. The van der Waals surface area contributed by atoms with Gasteiger partial charge in [0.05, 0.1) is 11.4 Å². The Kier molecular flexibility index (Phi) is 7.33. The van der Waals surface area contributed by atoms with Gasteiger partial charge < -0.3 is 15.3 Å². The monoisotopic (exact) mass is 560 g/mol. The van der Waals surface area contributed by atoms with Crippen LogP contribution in [0.5, 0.6) is 5.75 Å². The second-order valence-corrected chi connectivity index (χ2v) is 9.79. The average Bonchev–Trinajstić information content (AvgIpc) is 3.01. The molecule has 190 valence electrons. The molecule has 1 amide bonds. The Morgan fingerprint density at radius 1 is 0.921 bits per heavy atom. The number of rotatable bonds is 4. The van der Waals surface area contributed by atoms with Crippen molar-refractivity contribution in [3.8, 4) is 5.75 Å². The molecule has 1 aliphatic rings. The first kappa shape index (κ1) is 25.7. The van der Waals surface area contributed by atoms with Crippen LogP contribution >= 0.6 is 35.4 Å². The number of phenols is 1. The van der Waals surface area contributed by atoms with Crippen LogP contribution in [0.3, 0.4) is 0 Å². The molecular formula is C29H22Cl2N4O2S. The molecule has 1 unspecified atom stereocenters. The van der Waals surface area contributed by atoms with Crippen LogP contribution in [-0.2, 0) is 4.79 Å². The topological polar surface area (TPSA) is 68.2 Å². The second-order valence-electron chi connectivity index (χ2n) is 8.56. The molecule has 0 radical (unpaired) electrons. The van der Waals surface area contributed by atoms with Gasteiger partial charge in [0.25, 0.3) is 5.91 Å². The zero-order valence-corrected chi connectivity index (χ0v) is 22.5. The maximum absolute atomic E-state index is 13.7. The normalized spacial score (nSPS) is 14.8. The number of thiocarbonyl (C=S) groups is 1. The molecule has 6 nitrogen and oxygen atoms in total. The van der Waals surface area contributed by atoms with Crippen molar-refractivity contribution in [2.24, 2.45) is 4.99 Å². The fourth-order valence-electron chi connectivity index (χ4n) is 4.25. The molecule has 1 aliphatic heterocycles. The number of benzodiazepines with no additional fused rings is 1. The number of para-hydroxylation sites is 1. The van der Waals surface area contributed by atoms with Gasteiger partial charge in [-0.1, -0.05) is 59.6 Å². The van der Waals surface area contributed by atoms with Crippen LogP contribution in [0, 0.1) is 0 Å². The third kappa shape index (κ3) is 5.09. The number of carbonyl (C=O) groups excluding carboxylic acids is 1. The van der Waals surface area contributed by atoms with Crippen LogP contribution in [0.4, 0.5) is 17.1 Å². The Balaban J connectivity index is 1.60. The minimum Gasteiger partial charge on any atom is -0.508 e. The van der Waals surface area contributed by atoms with Gasteiger partial charge in [0.2, 0.25) is 6.17 Å². The summed E-state index contributed by atoms with van der Waals surface area (Å²) < 4.78 is 0. The fraction of sp³-hybridized carbons (Fsp3) is 0.0690. The van der Waals surface area contributed by atoms with Crippen LogP contribution in [0.25, 0.3) is 0 Å². The number of nitrogens with one attached hydrogen (secondary N) is 1. The van der Waals surface area contributed by atoms with Gasteiger partial charge in [0, 0.05) is 39.6 Å². The van der Waals surface area contributed by atoms with Crippen LogP contribution < -0.4 is 15.1 Å². The van der Waals surface area contributed by atoms with Crippen LogP contribution in [0.1, 0.15) is 11.1 Å². The van der Waals surface area contributed by atoms with Gasteiger partial charge in [-0.3, -0.25) is 9.69 Å². The summed E-state index contributed by atoms with van der Waals surface area (Å²) in [5.74, 6) is -0.177. The van der Waals surface area contributed by atoms with E-state index in [9.17, 15) is 9.90 Å². The van der Waals surface area contributed by atoms with E-state index < -0.39 is 6.17 Å². The molecule has 0 saturated carbocycles. The number of nitrogens with zero attached hydrogens (tertiary/aromatic N) is 3. The Labute approximate surface area is 235 Å².